The molecule has 2 N–H and O–H groups in total. The van der Waals surface area contributed by atoms with E-state index < -0.39 is 0 Å². The van der Waals surface area contributed by atoms with Crippen LogP contribution in [0.15, 0.2) is 54.2 Å². The fourth-order valence-corrected chi connectivity index (χ4v) is 9.09. The molecular weight excluding hydrogens is 520 g/mol. The predicted molar refractivity (Wildman–Crippen MR) is 157 cm³/mol. The highest BCUT2D eigenvalue weighted by Gasteiger charge is 2.50. The van der Waals surface area contributed by atoms with Crippen molar-refractivity contribution in [2.24, 2.45) is 23.2 Å². The zero-order chi connectivity index (χ0) is 27.3. The molecule has 3 heterocycles. The highest BCUT2D eigenvalue weighted by Crippen LogP contribution is 2.59. The third-order valence-corrected chi connectivity index (χ3v) is 10.6. The number of piperazine rings is 1. The molecule has 5 aliphatic rings. The lowest BCUT2D eigenvalue weighted by Gasteiger charge is -2.56. The molecule has 8 rings (SSSR count). The number of carbonyl (C=O) groups is 2. The van der Waals surface area contributed by atoms with Gasteiger partial charge in [0.15, 0.2) is 0 Å². The topological polar surface area (TPSA) is 85.8 Å². The minimum absolute atomic E-state index is 0.0366. The summed E-state index contributed by atoms with van der Waals surface area (Å²) in [5.41, 5.74) is 3.83. The average Bonchev–Trinajstić information content (AvgIpc) is 3.46. The molecular formula is C32H36N4O3S. The quantitative estimate of drug-likeness (QED) is 0.423. The van der Waals surface area contributed by atoms with Gasteiger partial charge in [0.2, 0.25) is 0 Å². The number of nitrogens with zero attached hydrogens (tertiary/aromatic N) is 3. The summed E-state index contributed by atoms with van der Waals surface area (Å²) in [6, 6.07) is 11.5. The molecule has 1 aliphatic heterocycles. The third kappa shape index (κ3) is 4.98. The number of aromatic hydroxyl groups is 1. The van der Waals surface area contributed by atoms with Crippen LogP contribution in [0.3, 0.4) is 0 Å². The molecule has 3 aromatic rings. The first-order valence-corrected chi connectivity index (χ1v) is 15.5. The lowest BCUT2D eigenvalue weighted by Crippen LogP contribution is -2.51. The standard InChI is InChI=1S/C32H36N4O3S/c37-28-12-25(17-33-18-28)26-13-29(40-19-26)31(39)36-7-5-35(6-8-36)27-3-1-24(2-4-27)30(38)34-20-32-14-21-9-22(15-32)11-23(10-21)16-32/h1-4,12-13,17-19,21-23,37H,5-11,14-16,20H2,(H,34,38). The number of anilines is 1. The van der Waals surface area contributed by atoms with Crippen molar-refractivity contribution in [3.8, 4) is 16.9 Å². The van der Waals surface area contributed by atoms with Crippen molar-refractivity contribution in [3.05, 3.63) is 64.6 Å². The minimum Gasteiger partial charge on any atom is -0.506 e. The number of thiophene rings is 1. The summed E-state index contributed by atoms with van der Waals surface area (Å²) in [5, 5.41) is 14.9. The molecule has 4 aliphatic carbocycles. The van der Waals surface area contributed by atoms with Gasteiger partial charge in [-0.05, 0) is 109 Å². The van der Waals surface area contributed by atoms with E-state index in [0.29, 0.717) is 23.4 Å². The van der Waals surface area contributed by atoms with Crippen LogP contribution in [0, 0.1) is 23.2 Å². The molecule has 0 radical (unpaired) electrons. The number of hydrogen-bond acceptors (Lipinski definition) is 6. The van der Waals surface area contributed by atoms with E-state index in [-0.39, 0.29) is 17.6 Å². The maximum Gasteiger partial charge on any atom is 0.264 e. The molecule has 0 spiro atoms. The molecule has 0 atom stereocenters. The van der Waals surface area contributed by atoms with E-state index in [9.17, 15) is 14.7 Å². The van der Waals surface area contributed by atoms with Crippen LogP contribution in [0.1, 0.15) is 58.6 Å². The van der Waals surface area contributed by atoms with Gasteiger partial charge in [-0.15, -0.1) is 11.3 Å². The third-order valence-electron chi connectivity index (χ3n) is 9.72. The van der Waals surface area contributed by atoms with E-state index in [4.69, 9.17) is 0 Å². The number of carbonyl (C=O) groups excluding carboxylic acids is 2. The van der Waals surface area contributed by atoms with Crippen molar-refractivity contribution < 1.29 is 14.7 Å². The van der Waals surface area contributed by atoms with Gasteiger partial charge in [0, 0.05) is 55.7 Å². The van der Waals surface area contributed by atoms with Gasteiger partial charge >= 0.3 is 0 Å². The van der Waals surface area contributed by atoms with Crippen molar-refractivity contribution in [3.63, 3.8) is 0 Å². The summed E-state index contributed by atoms with van der Waals surface area (Å²) in [5.74, 6) is 2.86. The van der Waals surface area contributed by atoms with Crippen molar-refractivity contribution in [1.29, 1.82) is 0 Å². The summed E-state index contributed by atoms with van der Waals surface area (Å²) in [4.78, 5) is 35.0. The Labute approximate surface area is 239 Å². The van der Waals surface area contributed by atoms with Crippen LogP contribution in [-0.2, 0) is 0 Å². The van der Waals surface area contributed by atoms with Gasteiger partial charge < -0.3 is 20.2 Å². The van der Waals surface area contributed by atoms with Crippen molar-refractivity contribution in [1.82, 2.24) is 15.2 Å². The Balaban J connectivity index is 0.920. The lowest BCUT2D eigenvalue weighted by atomic mass is 9.49. The molecule has 2 aromatic heterocycles. The second-order valence-electron chi connectivity index (χ2n) is 12.6. The van der Waals surface area contributed by atoms with Crippen LogP contribution in [0.2, 0.25) is 0 Å². The second kappa shape index (κ2) is 10.2. The summed E-state index contributed by atoms with van der Waals surface area (Å²) >= 11 is 1.42. The first-order chi connectivity index (χ1) is 19.4. The zero-order valence-electron chi connectivity index (χ0n) is 22.7. The highest BCUT2D eigenvalue weighted by molar-refractivity contribution is 7.12. The Hall–Kier alpha value is -3.39. The lowest BCUT2D eigenvalue weighted by molar-refractivity contribution is -0.0503. The van der Waals surface area contributed by atoms with Crippen LogP contribution < -0.4 is 10.2 Å². The van der Waals surface area contributed by atoms with Crippen molar-refractivity contribution >= 4 is 28.8 Å². The summed E-state index contributed by atoms with van der Waals surface area (Å²) in [7, 11) is 0. The average molecular weight is 557 g/mol. The van der Waals surface area contributed by atoms with Crippen LogP contribution in [0.4, 0.5) is 5.69 Å². The maximum absolute atomic E-state index is 13.1. The molecule has 0 unspecified atom stereocenters. The maximum atomic E-state index is 13.1. The van der Waals surface area contributed by atoms with Gasteiger partial charge in [0.25, 0.3) is 11.8 Å². The number of benzene rings is 1. The van der Waals surface area contributed by atoms with E-state index in [2.05, 4.69) is 15.2 Å². The van der Waals surface area contributed by atoms with Crippen molar-refractivity contribution in [2.45, 2.75) is 38.5 Å². The number of pyridine rings is 1. The van der Waals surface area contributed by atoms with Gasteiger partial charge in [-0.3, -0.25) is 14.6 Å². The number of rotatable bonds is 6. The molecule has 1 aromatic carbocycles. The normalized spacial score (nSPS) is 27.1. The monoisotopic (exact) mass is 556 g/mol. The van der Waals surface area contributed by atoms with Gasteiger partial charge in [-0.1, -0.05) is 0 Å². The minimum atomic E-state index is 0.0366. The smallest absolute Gasteiger partial charge is 0.264 e. The molecule has 4 bridgehead atoms. The largest absolute Gasteiger partial charge is 0.506 e. The second-order valence-corrected chi connectivity index (χ2v) is 13.5. The predicted octanol–water partition coefficient (Wildman–Crippen LogP) is 5.42. The summed E-state index contributed by atoms with van der Waals surface area (Å²) < 4.78 is 0. The molecule has 2 amide bonds. The molecule has 208 valence electrons. The van der Waals surface area contributed by atoms with Crippen molar-refractivity contribution in [2.75, 3.05) is 37.6 Å². The van der Waals surface area contributed by atoms with Crippen LogP contribution in [0.5, 0.6) is 5.75 Å². The Morgan fingerprint density at radius 1 is 0.925 bits per heavy atom. The molecule has 4 saturated carbocycles. The Morgan fingerprint density at radius 2 is 1.60 bits per heavy atom. The van der Waals surface area contributed by atoms with Gasteiger partial charge in [-0.25, -0.2) is 0 Å². The fraction of sp³-hybridized carbons (Fsp3) is 0.469. The molecule has 1 saturated heterocycles. The Kier molecular flexibility index (Phi) is 6.53. The highest BCUT2D eigenvalue weighted by atomic mass is 32.1. The number of nitrogens with one attached hydrogen (secondary N) is 1. The first kappa shape index (κ1) is 25.6. The van der Waals surface area contributed by atoms with E-state index in [0.717, 1.165) is 59.8 Å². The Morgan fingerprint density at radius 3 is 2.25 bits per heavy atom. The van der Waals surface area contributed by atoms with Gasteiger partial charge in [-0.2, -0.15) is 0 Å². The molecule has 5 fully saturated rings. The Bertz CT molecular complexity index is 1370. The van der Waals surface area contributed by atoms with E-state index in [1.54, 1.807) is 12.3 Å². The SMILES string of the molecule is O=C(NCC12CC3CC(CC(C3)C1)C2)c1ccc(N2CCN(C(=O)c3cc(-c4cncc(O)c4)cs3)CC2)cc1. The van der Waals surface area contributed by atoms with Crippen LogP contribution in [-0.4, -0.2) is 59.5 Å². The van der Waals surface area contributed by atoms with E-state index >= 15 is 0 Å². The zero-order valence-corrected chi connectivity index (χ0v) is 23.5. The van der Waals surface area contributed by atoms with Gasteiger partial charge in [0.05, 0.1) is 11.1 Å². The fourth-order valence-electron chi connectivity index (χ4n) is 8.21. The summed E-state index contributed by atoms with van der Waals surface area (Å²) in [6.45, 7) is 3.61. The summed E-state index contributed by atoms with van der Waals surface area (Å²) in [6.07, 6.45) is 11.2. The first-order valence-electron chi connectivity index (χ1n) is 14.6. The molecule has 8 heteroatoms. The molecule has 40 heavy (non-hydrogen) atoms. The molecule has 7 nitrogen and oxygen atoms in total. The number of aromatic nitrogens is 1. The number of amides is 2. The van der Waals surface area contributed by atoms with E-state index in [1.165, 1.54) is 56.1 Å². The van der Waals surface area contributed by atoms with Crippen LogP contribution in [0.25, 0.3) is 11.1 Å². The number of hydrogen-bond donors (Lipinski definition) is 2. The van der Waals surface area contributed by atoms with Crippen LogP contribution >= 0.6 is 11.3 Å². The van der Waals surface area contributed by atoms with E-state index in [1.807, 2.05) is 40.6 Å². The van der Waals surface area contributed by atoms with Gasteiger partial charge in [0.1, 0.15) is 5.75 Å².